The Kier molecular flexibility index (Phi) is 5.16. The van der Waals surface area contributed by atoms with E-state index in [1.807, 2.05) is 26.0 Å². The number of nitrogens with one attached hydrogen (secondary N) is 1. The minimum Gasteiger partial charge on any atom is -0.380 e. The largest absolute Gasteiger partial charge is 0.380 e. The molecule has 128 valence electrons. The van der Waals surface area contributed by atoms with E-state index in [0.717, 1.165) is 42.3 Å². The van der Waals surface area contributed by atoms with Crippen LogP contribution in [-0.4, -0.2) is 37.2 Å². The fourth-order valence-corrected chi connectivity index (χ4v) is 3.87. The number of aromatic nitrogens is 1. The van der Waals surface area contributed by atoms with Crippen LogP contribution in [0.2, 0.25) is 0 Å². The fourth-order valence-electron chi connectivity index (χ4n) is 3.05. The van der Waals surface area contributed by atoms with Gasteiger partial charge < -0.3 is 15.0 Å². The molecule has 0 aliphatic carbocycles. The topological polar surface area (TPSA) is 54.5 Å². The zero-order valence-corrected chi connectivity index (χ0v) is 15.2. The summed E-state index contributed by atoms with van der Waals surface area (Å²) in [5.41, 5.74) is 2.75. The summed E-state index contributed by atoms with van der Waals surface area (Å²) >= 11 is 1.43. The van der Waals surface area contributed by atoms with Gasteiger partial charge in [-0.3, -0.25) is 4.79 Å². The van der Waals surface area contributed by atoms with Crippen molar-refractivity contribution in [3.05, 3.63) is 39.8 Å². The molecule has 0 radical (unpaired) electrons. The molecule has 1 unspecified atom stereocenters. The first-order valence-electron chi connectivity index (χ1n) is 8.20. The number of aryl methyl sites for hydroxylation is 2. The van der Waals surface area contributed by atoms with Crippen LogP contribution >= 0.6 is 11.3 Å². The highest BCUT2D eigenvalue weighted by Crippen LogP contribution is 2.24. The van der Waals surface area contributed by atoms with Gasteiger partial charge in [-0.15, -0.1) is 11.3 Å². The van der Waals surface area contributed by atoms with Crippen LogP contribution in [0, 0.1) is 13.8 Å². The fraction of sp³-hybridized carbons (Fsp3) is 0.444. The van der Waals surface area contributed by atoms with Crippen LogP contribution in [0.15, 0.2) is 24.3 Å². The van der Waals surface area contributed by atoms with Gasteiger partial charge in [0.2, 0.25) is 0 Å². The van der Waals surface area contributed by atoms with Crippen molar-refractivity contribution < 1.29 is 9.53 Å². The van der Waals surface area contributed by atoms with Gasteiger partial charge in [0.05, 0.1) is 16.8 Å². The minimum atomic E-state index is -0.0942. The number of benzene rings is 1. The van der Waals surface area contributed by atoms with Crippen LogP contribution in [0.5, 0.6) is 0 Å². The predicted molar refractivity (Wildman–Crippen MR) is 98.2 cm³/mol. The first-order valence-corrected chi connectivity index (χ1v) is 9.01. The van der Waals surface area contributed by atoms with Crippen molar-refractivity contribution in [1.29, 1.82) is 0 Å². The zero-order chi connectivity index (χ0) is 17.1. The molecular weight excluding hydrogens is 322 g/mol. The number of hydrogen-bond donors (Lipinski definition) is 1. The molecular formula is C18H23N3O2S. The summed E-state index contributed by atoms with van der Waals surface area (Å²) in [6, 6.07) is 8.01. The van der Waals surface area contributed by atoms with Gasteiger partial charge in [0, 0.05) is 31.6 Å². The van der Waals surface area contributed by atoms with Gasteiger partial charge in [-0.1, -0.05) is 0 Å². The summed E-state index contributed by atoms with van der Waals surface area (Å²) in [5, 5.41) is 3.86. The van der Waals surface area contributed by atoms with Crippen LogP contribution in [-0.2, 0) is 4.74 Å². The summed E-state index contributed by atoms with van der Waals surface area (Å²) in [6.07, 6.45) is 2.56. The van der Waals surface area contributed by atoms with E-state index in [2.05, 4.69) is 27.3 Å². The molecule has 24 heavy (non-hydrogen) atoms. The van der Waals surface area contributed by atoms with Gasteiger partial charge in [0.15, 0.2) is 0 Å². The maximum absolute atomic E-state index is 12.3. The number of methoxy groups -OCH3 is 1. The van der Waals surface area contributed by atoms with E-state index in [1.54, 1.807) is 7.11 Å². The molecule has 6 heteroatoms. The van der Waals surface area contributed by atoms with Crippen molar-refractivity contribution in [3.63, 3.8) is 0 Å². The molecule has 3 rings (SSSR count). The Morgan fingerprint density at radius 2 is 2.08 bits per heavy atom. The Morgan fingerprint density at radius 1 is 1.33 bits per heavy atom. The number of hydrogen-bond acceptors (Lipinski definition) is 5. The molecule has 1 aromatic heterocycles. The Bertz CT molecular complexity index is 712. The molecule has 1 amide bonds. The van der Waals surface area contributed by atoms with Crippen LogP contribution < -0.4 is 10.2 Å². The summed E-state index contributed by atoms with van der Waals surface area (Å²) < 4.78 is 5.48. The van der Waals surface area contributed by atoms with Crippen molar-refractivity contribution in [1.82, 2.24) is 4.98 Å². The summed E-state index contributed by atoms with van der Waals surface area (Å²) in [7, 11) is 1.77. The molecule has 1 aliphatic rings. The first-order chi connectivity index (χ1) is 11.6. The van der Waals surface area contributed by atoms with E-state index in [-0.39, 0.29) is 5.91 Å². The maximum Gasteiger partial charge on any atom is 0.267 e. The Labute approximate surface area is 146 Å². The summed E-state index contributed by atoms with van der Waals surface area (Å²) in [4.78, 5) is 19.7. The van der Waals surface area contributed by atoms with Gasteiger partial charge in [-0.05, 0) is 51.0 Å². The number of carbonyl (C=O) groups excluding carboxylic acids is 1. The SMILES string of the molecule is COC1CCCN(c2ccc(NC(=O)c3sc(C)nc3C)cc2)C1. The van der Waals surface area contributed by atoms with Gasteiger partial charge >= 0.3 is 0 Å². The van der Waals surface area contributed by atoms with E-state index in [4.69, 9.17) is 4.74 Å². The highest BCUT2D eigenvalue weighted by molar-refractivity contribution is 7.13. The number of carbonyl (C=O) groups is 1. The average Bonchev–Trinajstić information content (AvgIpc) is 2.94. The smallest absolute Gasteiger partial charge is 0.267 e. The van der Waals surface area contributed by atoms with Crippen molar-refractivity contribution >= 4 is 28.6 Å². The van der Waals surface area contributed by atoms with Gasteiger partial charge in [-0.25, -0.2) is 4.98 Å². The van der Waals surface area contributed by atoms with Crippen molar-refractivity contribution in [3.8, 4) is 0 Å². The van der Waals surface area contributed by atoms with Crippen LogP contribution in [0.3, 0.4) is 0 Å². The molecule has 1 aliphatic heterocycles. The monoisotopic (exact) mass is 345 g/mol. The van der Waals surface area contributed by atoms with Crippen molar-refractivity contribution in [2.45, 2.75) is 32.8 Å². The van der Waals surface area contributed by atoms with Gasteiger partial charge in [0.25, 0.3) is 5.91 Å². The lowest BCUT2D eigenvalue weighted by Crippen LogP contribution is -2.39. The zero-order valence-electron chi connectivity index (χ0n) is 14.3. The molecule has 1 saturated heterocycles. The van der Waals surface area contributed by atoms with Crippen LogP contribution in [0.4, 0.5) is 11.4 Å². The lowest BCUT2D eigenvalue weighted by Gasteiger charge is -2.33. The number of anilines is 2. The first kappa shape index (κ1) is 16.9. The second kappa shape index (κ2) is 7.32. The highest BCUT2D eigenvalue weighted by atomic mass is 32.1. The van der Waals surface area contributed by atoms with Crippen LogP contribution in [0.1, 0.15) is 33.2 Å². The van der Waals surface area contributed by atoms with E-state index >= 15 is 0 Å². The molecule has 1 atom stereocenters. The maximum atomic E-state index is 12.3. The quantitative estimate of drug-likeness (QED) is 0.919. The average molecular weight is 345 g/mol. The Balaban J connectivity index is 1.66. The molecule has 0 saturated carbocycles. The minimum absolute atomic E-state index is 0.0942. The molecule has 5 nitrogen and oxygen atoms in total. The number of rotatable bonds is 4. The Morgan fingerprint density at radius 3 is 2.71 bits per heavy atom. The van der Waals surface area contributed by atoms with E-state index < -0.39 is 0 Å². The number of ether oxygens (including phenoxy) is 1. The standard InChI is InChI=1S/C18H23N3O2S/c1-12-17(24-13(2)19-12)18(22)20-14-6-8-15(9-7-14)21-10-4-5-16(11-21)23-3/h6-9,16H,4-5,10-11H2,1-3H3,(H,20,22). The second-order valence-corrected chi connectivity index (χ2v) is 7.30. The Hall–Kier alpha value is -1.92. The molecule has 2 aromatic rings. The highest BCUT2D eigenvalue weighted by Gasteiger charge is 2.20. The third-order valence-electron chi connectivity index (χ3n) is 4.31. The molecule has 0 bridgehead atoms. The molecule has 1 fully saturated rings. The van der Waals surface area contributed by atoms with Crippen LogP contribution in [0.25, 0.3) is 0 Å². The van der Waals surface area contributed by atoms with E-state index in [1.165, 1.54) is 17.0 Å². The van der Waals surface area contributed by atoms with Crippen molar-refractivity contribution in [2.24, 2.45) is 0 Å². The normalized spacial score (nSPS) is 17.8. The number of piperidine rings is 1. The third-order valence-corrected chi connectivity index (χ3v) is 5.38. The lowest BCUT2D eigenvalue weighted by atomic mass is 10.1. The molecule has 1 N–H and O–H groups in total. The number of thiazole rings is 1. The van der Waals surface area contributed by atoms with E-state index in [0.29, 0.717) is 11.0 Å². The second-order valence-electron chi connectivity index (χ2n) is 6.09. The molecule has 2 heterocycles. The van der Waals surface area contributed by atoms with Crippen molar-refractivity contribution in [2.75, 3.05) is 30.4 Å². The number of nitrogens with zero attached hydrogens (tertiary/aromatic N) is 2. The summed E-state index contributed by atoms with van der Waals surface area (Å²) in [5.74, 6) is -0.0942. The van der Waals surface area contributed by atoms with Gasteiger partial charge in [-0.2, -0.15) is 0 Å². The number of amides is 1. The molecule has 0 spiro atoms. The molecule has 1 aromatic carbocycles. The summed E-state index contributed by atoms with van der Waals surface area (Å²) in [6.45, 7) is 5.74. The van der Waals surface area contributed by atoms with Gasteiger partial charge in [0.1, 0.15) is 4.88 Å². The predicted octanol–water partition coefficient (Wildman–Crippen LogP) is 3.63. The third kappa shape index (κ3) is 3.76. The lowest BCUT2D eigenvalue weighted by molar-refractivity contribution is 0.0893. The van der Waals surface area contributed by atoms with E-state index in [9.17, 15) is 4.79 Å².